The molecule has 2 atom stereocenters. The highest BCUT2D eigenvalue weighted by Gasteiger charge is 2.42. The first kappa shape index (κ1) is 12.4. The molecular weight excluding hydrogens is 253 g/mol. The topological polar surface area (TPSA) is 43.1 Å². The van der Waals surface area contributed by atoms with Crippen molar-refractivity contribution in [1.29, 1.82) is 0 Å². The molecule has 96 valence electrons. The van der Waals surface area contributed by atoms with E-state index in [9.17, 15) is 4.79 Å². The van der Waals surface area contributed by atoms with Gasteiger partial charge in [0.15, 0.2) is 11.1 Å². The Labute approximate surface area is 114 Å². The van der Waals surface area contributed by atoms with Crippen LogP contribution >= 0.6 is 7.55 Å². The summed E-state index contributed by atoms with van der Waals surface area (Å²) < 4.78 is 0. The fraction of sp³-hybridized carbons (Fsp3) is 0.250. The van der Waals surface area contributed by atoms with E-state index in [2.05, 4.69) is 19.9 Å². The number of carbonyl (C=O) groups excluding carboxylic acids is 1. The molecule has 3 rings (SSSR count). The molecule has 1 heterocycles. The zero-order valence-electron chi connectivity index (χ0n) is 11.1. The molecule has 0 saturated heterocycles. The van der Waals surface area contributed by atoms with E-state index >= 15 is 0 Å². The lowest BCUT2D eigenvalue weighted by Crippen LogP contribution is -2.34. The first-order valence-electron chi connectivity index (χ1n) is 6.55. The number of hydrogen-bond donors (Lipinski definition) is 1. The largest absolute Gasteiger partial charge is 0.395 e. The highest BCUT2D eigenvalue weighted by atomic mass is 31.1. The minimum atomic E-state index is -0.519. The molecule has 0 spiro atoms. The molecule has 2 unspecified atom stereocenters. The minimum Gasteiger partial charge on any atom is -0.395 e. The smallest absolute Gasteiger partial charge is 0.182 e. The Hall–Kier alpha value is -1.66. The van der Waals surface area contributed by atoms with Crippen LogP contribution in [0.25, 0.3) is 0 Å². The molecule has 0 bridgehead atoms. The number of Topliss-reactive ketones (excluding diaryl/α,β-unsaturated/α-hetero) is 1. The van der Waals surface area contributed by atoms with E-state index in [4.69, 9.17) is 5.73 Å². The molecule has 2 aliphatic rings. The van der Waals surface area contributed by atoms with Crippen molar-refractivity contribution < 1.29 is 4.79 Å². The molecule has 19 heavy (non-hydrogen) atoms. The summed E-state index contributed by atoms with van der Waals surface area (Å²) in [6.07, 6.45) is 8.13. The van der Waals surface area contributed by atoms with Crippen LogP contribution < -0.4 is 11.0 Å². The van der Waals surface area contributed by atoms with Crippen molar-refractivity contribution in [3.05, 3.63) is 48.1 Å². The highest BCUT2D eigenvalue weighted by Crippen LogP contribution is 2.42. The van der Waals surface area contributed by atoms with E-state index in [1.54, 1.807) is 0 Å². The summed E-state index contributed by atoms with van der Waals surface area (Å²) in [5, 5.41) is 2.34. The summed E-state index contributed by atoms with van der Waals surface area (Å²) >= 11 is 0. The van der Waals surface area contributed by atoms with Gasteiger partial charge in [-0.2, -0.15) is 0 Å². The molecule has 1 aromatic rings. The van der Waals surface area contributed by atoms with Crippen molar-refractivity contribution in [2.45, 2.75) is 19.5 Å². The molecule has 1 aliphatic heterocycles. The van der Waals surface area contributed by atoms with E-state index in [0.29, 0.717) is 5.66 Å². The number of carbonyl (C=O) groups is 1. The second-order valence-corrected chi connectivity index (χ2v) is 7.95. The first-order valence-corrected chi connectivity index (χ1v) is 7.96. The lowest BCUT2D eigenvalue weighted by Gasteiger charge is -2.22. The number of rotatable bonds is 1. The molecule has 1 aromatic carbocycles. The van der Waals surface area contributed by atoms with Gasteiger partial charge < -0.3 is 5.73 Å². The predicted molar refractivity (Wildman–Crippen MR) is 83.7 cm³/mol. The maximum absolute atomic E-state index is 12.6. The van der Waals surface area contributed by atoms with Crippen molar-refractivity contribution >= 4 is 29.6 Å². The summed E-state index contributed by atoms with van der Waals surface area (Å²) in [6.45, 7) is 4.43. The fourth-order valence-electron chi connectivity index (χ4n) is 2.87. The Kier molecular flexibility index (Phi) is 2.91. The van der Waals surface area contributed by atoms with Crippen molar-refractivity contribution in [3.63, 3.8) is 0 Å². The molecule has 0 fully saturated rings. The van der Waals surface area contributed by atoms with Gasteiger partial charge in [-0.05, 0) is 32.1 Å². The zero-order valence-corrected chi connectivity index (χ0v) is 12.0. The quantitative estimate of drug-likeness (QED) is 0.630. The second-order valence-electron chi connectivity index (χ2n) is 5.22. The van der Waals surface area contributed by atoms with Gasteiger partial charge in [-0.3, -0.25) is 4.79 Å². The van der Waals surface area contributed by atoms with Crippen molar-refractivity contribution in [3.8, 4) is 0 Å². The number of allylic oxidation sites excluding steroid dienone is 4. The third-order valence-corrected chi connectivity index (χ3v) is 6.65. The number of ketones is 1. The number of hydrogen-bond acceptors (Lipinski definition) is 2. The Morgan fingerprint density at radius 3 is 2.79 bits per heavy atom. The number of fused-ring (bicyclic) bond motifs is 2. The van der Waals surface area contributed by atoms with Gasteiger partial charge in [-0.25, -0.2) is 0 Å². The standard InChI is InChI=1S/C16H17NOP/c1-10(2)19-14-9-4-3-6-11(14)15(18)12-7-5-8-13(17)16(12)19/h3-11H,17H2,1-2H3/q+1. The van der Waals surface area contributed by atoms with Crippen LogP contribution in [0, 0.1) is 5.92 Å². The fourth-order valence-corrected chi connectivity index (χ4v) is 5.78. The van der Waals surface area contributed by atoms with Crippen LogP contribution in [-0.4, -0.2) is 16.7 Å². The van der Waals surface area contributed by atoms with Crippen LogP contribution in [0.5, 0.6) is 0 Å². The van der Waals surface area contributed by atoms with Crippen molar-refractivity contribution in [1.82, 2.24) is 0 Å². The number of anilines is 1. The van der Waals surface area contributed by atoms with Gasteiger partial charge in [-0.15, -0.1) is 0 Å². The van der Waals surface area contributed by atoms with Crippen LogP contribution in [0.15, 0.2) is 42.5 Å². The van der Waals surface area contributed by atoms with E-state index in [0.717, 1.165) is 16.6 Å². The van der Waals surface area contributed by atoms with Gasteiger partial charge in [-0.1, -0.05) is 24.3 Å². The molecule has 3 heteroatoms. The number of nitrogen functional groups attached to an aromatic ring is 1. The molecule has 2 nitrogen and oxygen atoms in total. The third-order valence-electron chi connectivity index (χ3n) is 3.65. The average Bonchev–Trinajstić information content (AvgIpc) is 2.40. The molecule has 0 aromatic heterocycles. The van der Waals surface area contributed by atoms with Crippen LogP contribution in [0.1, 0.15) is 24.2 Å². The molecule has 0 amide bonds. The first-order chi connectivity index (χ1) is 9.11. The molecule has 1 aliphatic carbocycles. The third kappa shape index (κ3) is 1.79. The van der Waals surface area contributed by atoms with E-state index in [1.165, 1.54) is 5.29 Å². The Balaban J connectivity index is 2.37. The maximum Gasteiger partial charge on any atom is 0.182 e. The maximum atomic E-state index is 12.6. The summed E-state index contributed by atoms with van der Waals surface area (Å²) in [4.78, 5) is 12.6. The van der Waals surface area contributed by atoms with Crippen LogP contribution in [0.3, 0.4) is 0 Å². The van der Waals surface area contributed by atoms with Gasteiger partial charge in [0.1, 0.15) is 24.4 Å². The van der Waals surface area contributed by atoms with Gasteiger partial charge in [0.2, 0.25) is 0 Å². The Bertz CT molecular complexity index is 653. The van der Waals surface area contributed by atoms with E-state index in [1.807, 2.05) is 36.4 Å². The van der Waals surface area contributed by atoms with Gasteiger partial charge in [0.25, 0.3) is 0 Å². The monoisotopic (exact) mass is 270 g/mol. The Morgan fingerprint density at radius 1 is 1.26 bits per heavy atom. The van der Waals surface area contributed by atoms with E-state index < -0.39 is 7.55 Å². The van der Waals surface area contributed by atoms with Crippen molar-refractivity contribution in [2.75, 3.05) is 5.73 Å². The summed E-state index contributed by atoms with van der Waals surface area (Å²) in [7, 11) is -0.519. The van der Waals surface area contributed by atoms with Crippen LogP contribution in [-0.2, 0) is 0 Å². The summed E-state index contributed by atoms with van der Waals surface area (Å²) in [5.41, 5.74) is 8.24. The predicted octanol–water partition coefficient (Wildman–Crippen LogP) is 2.90. The van der Waals surface area contributed by atoms with Gasteiger partial charge in [0.05, 0.1) is 11.3 Å². The van der Waals surface area contributed by atoms with Crippen LogP contribution in [0.2, 0.25) is 0 Å². The molecule has 2 N–H and O–H groups in total. The Morgan fingerprint density at radius 2 is 2.05 bits per heavy atom. The average molecular weight is 270 g/mol. The van der Waals surface area contributed by atoms with Gasteiger partial charge >= 0.3 is 0 Å². The SMILES string of the molecule is CC(C)[P+]1=C2C=CC=CC2C(=O)c2cccc(N)c21. The second kappa shape index (κ2) is 4.47. The van der Waals surface area contributed by atoms with E-state index in [-0.39, 0.29) is 11.7 Å². The number of benzene rings is 1. The lowest BCUT2D eigenvalue weighted by molar-refractivity contribution is 0.0974. The number of nitrogens with two attached hydrogens (primary N) is 1. The lowest BCUT2D eigenvalue weighted by atomic mass is 9.91. The zero-order chi connectivity index (χ0) is 13.6. The molecule has 0 radical (unpaired) electrons. The van der Waals surface area contributed by atoms with Crippen LogP contribution in [0.4, 0.5) is 5.69 Å². The normalized spacial score (nSPS) is 22.7. The minimum absolute atomic E-state index is 0.0761. The highest BCUT2D eigenvalue weighted by molar-refractivity contribution is 7.68. The van der Waals surface area contributed by atoms with Gasteiger partial charge in [0, 0.05) is 0 Å². The summed E-state index contributed by atoms with van der Waals surface area (Å²) in [5.74, 6) is 0.116. The molecule has 0 saturated carbocycles. The molecular formula is C16H17NOP+. The van der Waals surface area contributed by atoms with Crippen molar-refractivity contribution in [2.24, 2.45) is 5.92 Å². The summed E-state index contributed by atoms with van der Waals surface area (Å²) in [6, 6.07) is 5.72.